The first-order chi connectivity index (χ1) is 11.3. The molecule has 0 unspecified atom stereocenters. The van der Waals surface area contributed by atoms with E-state index in [2.05, 4.69) is 34.2 Å². The van der Waals surface area contributed by atoms with Crippen LogP contribution in [-0.4, -0.2) is 9.97 Å². The fourth-order valence-electron chi connectivity index (χ4n) is 2.79. The zero-order valence-corrected chi connectivity index (χ0v) is 12.3. The highest BCUT2D eigenvalue weighted by Crippen LogP contribution is 2.30. The van der Waals surface area contributed by atoms with Crippen molar-refractivity contribution in [1.82, 2.24) is 9.97 Å². The highest BCUT2D eigenvalue weighted by molar-refractivity contribution is 5.95. The van der Waals surface area contributed by atoms with Gasteiger partial charge in [-0.2, -0.15) is 5.26 Å². The van der Waals surface area contributed by atoms with Gasteiger partial charge in [0.05, 0.1) is 11.6 Å². The smallest absolute Gasteiger partial charge is 0.137 e. The van der Waals surface area contributed by atoms with Crippen LogP contribution in [0.1, 0.15) is 5.56 Å². The van der Waals surface area contributed by atoms with E-state index >= 15 is 0 Å². The van der Waals surface area contributed by atoms with Gasteiger partial charge < -0.3 is 4.98 Å². The van der Waals surface area contributed by atoms with Crippen molar-refractivity contribution in [1.29, 1.82) is 5.26 Å². The van der Waals surface area contributed by atoms with E-state index in [1.807, 2.05) is 48.8 Å². The van der Waals surface area contributed by atoms with Gasteiger partial charge in [0.25, 0.3) is 0 Å². The van der Waals surface area contributed by atoms with Crippen molar-refractivity contribution in [2.45, 2.75) is 0 Å². The average molecular weight is 295 g/mol. The van der Waals surface area contributed by atoms with Gasteiger partial charge in [-0.05, 0) is 29.3 Å². The van der Waals surface area contributed by atoms with Crippen LogP contribution in [0.5, 0.6) is 0 Å². The van der Waals surface area contributed by atoms with Crippen molar-refractivity contribution < 1.29 is 0 Å². The summed E-state index contributed by atoms with van der Waals surface area (Å²) in [7, 11) is 0. The molecule has 0 aliphatic heterocycles. The lowest BCUT2D eigenvalue weighted by Gasteiger charge is -2.04. The first-order valence-electron chi connectivity index (χ1n) is 7.38. The number of hydrogen-bond donors (Lipinski definition) is 1. The summed E-state index contributed by atoms with van der Waals surface area (Å²) in [4.78, 5) is 7.75. The summed E-state index contributed by atoms with van der Waals surface area (Å²) in [5.41, 5.74) is 5.81. The third kappa shape index (κ3) is 2.37. The molecule has 0 saturated heterocycles. The standard InChI is InChI=1S/C20H13N3/c21-11-14-5-4-8-16(9-14)17-10-18-19(13-23-20(18)22-12-17)15-6-2-1-3-7-15/h1-10,12-13H,(H,22,23). The molecular weight excluding hydrogens is 282 g/mol. The summed E-state index contributed by atoms with van der Waals surface area (Å²) < 4.78 is 0. The fraction of sp³-hybridized carbons (Fsp3) is 0. The summed E-state index contributed by atoms with van der Waals surface area (Å²) in [5.74, 6) is 0. The van der Waals surface area contributed by atoms with Gasteiger partial charge in [-0.15, -0.1) is 0 Å². The molecule has 4 rings (SSSR count). The van der Waals surface area contributed by atoms with Crippen LogP contribution >= 0.6 is 0 Å². The van der Waals surface area contributed by atoms with Crippen LogP contribution in [0.2, 0.25) is 0 Å². The number of nitriles is 1. The molecule has 2 aromatic carbocycles. The van der Waals surface area contributed by atoms with E-state index < -0.39 is 0 Å². The maximum absolute atomic E-state index is 9.07. The van der Waals surface area contributed by atoms with Gasteiger partial charge in [0.2, 0.25) is 0 Å². The second kappa shape index (κ2) is 5.43. The zero-order chi connectivity index (χ0) is 15.6. The number of aromatic nitrogens is 2. The molecule has 0 bridgehead atoms. The van der Waals surface area contributed by atoms with Crippen molar-refractivity contribution in [3.05, 3.63) is 78.6 Å². The molecule has 0 spiro atoms. The molecule has 0 atom stereocenters. The highest BCUT2D eigenvalue weighted by atomic mass is 14.8. The molecular formula is C20H13N3. The van der Waals surface area contributed by atoms with Gasteiger partial charge in [0, 0.05) is 28.9 Å². The fourth-order valence-corrected chi connectivity index (χ4v) is 2.79. The third-order valence-corrected chi connectivity index (χ3v) is 3.94. The number of nitrogens with one attached hydrogen (secondary N) is 1. The Hall–Kier alpha value is -3.38. The van der Waals surface area contributed by atoms with E-state index in [4.69, 9.17) is 5.26 Å². The molecule has 3 nitrogen and oxygen atoms in total. The van der Waals surface area contributed by atoms with Crippen LogP contribution < -0.4 is 0 Å². The van der Waals surface area contributed by atoms with Crippen LogP contribution in [0.4, 0.5) is 0 Å². The van der Waals surface area contributed by atoms with Gasteiger partial charge in [-0.1, -0.05) is 42.5 Å². The SMILES string of the molecule is N#Cc1cccc(-c2cnc3[nH]cc(-c4ccccc4)c3c2)c1. The molecule has 2 aromatic heterocycles. The maximum atomic E-state index is 9.07. The predicted molar refractivity (Wildman–Crippen MR) is 91.7 cm³/mol. The average Bonchev–Trinajstić information content (AvgIpc) is 3.05. The lowest BCUT2D eigenvalue weighted by atomic mass is 10.0. The van der Waals surface area contributed by atoms with Crippen LogP contribution in [0.15, 0.2) is 73.1 Å². The first kappa shape index (κ1) is 13.3. The van der Waals surface area contributed by atoms with Crippen molar-refractivity contribution in [2.75, 3.05) is 0 Å². The second-order valence-electron chi connectivity index (χ2n) is 5.38. The van der Waals surface area contributed by atoms with Crippen LogP contribution in [0, 0.1) is 11.3 Å². The summed E-state index contributed by atoms with van der Waals surface area (Å²) in [6.07, 6.45) is 3.83. The number of pyridine rings is 1. The van der Waals surface area contributed by atoms with Crippen molar-refractivity contribution in [3.8, 4) is 28.3 Å². The maximum Gasteiger partial charge on any atom is 0.137 e. The Morgan fingerprint density at radius 1 is 0.870 bits per heavy atom. The Kier molecular flexibility index (Phi) is 3.14. The Morgan fingerprint density at radius 3 is 2.52 bits per heavy atom. The normalized spacial score (nSPS) is 10.6. The second-order valence-corrected chi connectivity index (χ2v) is 5.38. The summed E-state index contributed by atoms with van der Waals surface area (Å²) in [6.45, 7) is 0. The molecule has 0 saturated carbocycles. The number of benzene rings is 2. The van der Waals surface area contributed by atoms with E-state index in [1.165, 1.54) is 0 Å². The monoisotopic (exact) mass is 295 g/mol. The minimum atomic E-state index is 0.653. The minimum Gasteiger partial charge on any atom is -0.346 e. The number of rotatable bonds is 2. The molecule has 0 amide bonds. The molecule has 3 heteroatoms. The van der Waals surface area contributed by atoms with Crippen LogP contribution in [0.25, 0.3) is 33.3 Å². The van der Waals surface area contributed by atoms with Crippen LogP contribution in [-0.2, 0) is 0 Å². The molecule has 0 radical (unpaired) electrons. The minimum absolute atomic E-state index is 0.653. The summed E-state index contributed by atoms with van der Waals surface area (Å²) in [5, 5.41) is 10.1. The Morgan fingerprint density at radius 2 is 1.70 bits per heavy atom. The lowest BCUT2D eigenvalue weighted by Crippen LogP contribution is -1.84. The van der Waals surface area contributed by atoms with E-state index in [9.17, 15) is 0 Å². The topological polar surface area (TPSA) is 52.5 Å². The van der Waals surface area contributed by atoms with E-state index in [0.717, 1.165) is 33.3 Å². The Balaban J connectivity index is 1.89. The Labute approximate surface area is 133 Å². The number of nitrogens with zero attached hydrogens (tertiary/aromatic N) is 2. The van der Waals surface area contributed by atoms with E-state index in [0.29, 0.717) is 5.56 Å². The quantitative estimate of drug-likeness (QED) is 0.579. The number of fused-ring (bicyclic) bond motifs is 1. The highest BCUT2D eigenvalue weighted by Gasteiger charge is 2.09. The lowest BCUT2D eigenvalue weighted by molar-refractivity contribution is 1.32. The molecule has 0 aliphatic rings. The van der Waals surface area contributed by atoms with E-state index in [1.54, 1.807) is 6.07 Å². The number of H-pyrrole nitrogens is 1. The van der Waals surface area contributed by atoms with Crippen molar-refractivity contribution in [3.63, 3.8) is 0 Å². The van der Waals surface area contributed by atoms with Gasteiger partial charge in [0.1, 0.15) is 5.65 Å². The van der Waals surface area contributed by atoms with Crippen LogP contribution in [0.3, 0.4) is 0 Å². The molecule has 108 valence electrons. The first-order valence-corrected chi connectivity index (χ1v) is 7.38. The van der Waals surface area contributed by atoms with Crippen molar-refractivity contribution >= 4 is 11.0 Å². The molecule has 1 N–H and O–H groups in total. The Bertz CT molecular complexity index is 1020. The molecule has 4 aromatic rings. The van der Waals surface area contributed by atoms with Gasteiger partial charge in [-0.3, -0.25) is 0 Å². The number of aromatic amines is 1. The number of hydrogen-bond acceptors (Lipinski definition) is 2. The largest absolute Gasteiger partial charge is 0.346 e. The molecule has 0 fully saturated rings. The summed E-state index contributed by atoms with van der Waals surface area (Å²) >= 11 is 0. The van der Waals surface area contributed by atoms with E-state index in [-0.39, 0.29) is 0 Å². The summed E-state index contributed by atoms with van der Waals surface area (Å²) in [6, 6.07) is 22.1. The third-order valence-electron chi connectivity index (χ3n) is 3.94. The van der Waals surface area contributed by atoms with Crippen molar-refractivity contribution in [2.24, 2.45) is 0 Å². The van der Waals surface area contributed by atoms with Gasteiger partial charge >= 0.3 is 0 Å². The zero-order valence-electron chi connectivity index (χ0n) is 12.3. The van der Waals surface area contributed by atoms with Gasteiger partial charge in [0.15, 0.2) is 0 Å². The molecule has 0 aliphatic carbocycles. The van der Waals surface area contributed by atoms with Gasteiger partial charge in [-0.25, -0.2) is 4.98 Å². The molecule has 23 heavy (non-hydrogen) atoms. The molecule has 2 heterocycles. The predicted octanol–water partition coefficient (Wildman–Crippen LogP) is 4.77.